The molecule has 0 aliphatic carbocycles. The van der Waals surface area contributed by atoms with Gasteiger partial charge in [0.2, 0.25) is 0 Å². The Morgan fingerprint density at radius 2 is 2.10 bits per heavy atom. The molecule has 3 rings (SSSR count). The molecular weight excluding hydrogens is 299 g/mol. The van der Waals surface area contributed by atoms with Gasteiger partial charge in [0.05, 0.1) is 6.61 Å². The number of ether oxygens (including phenoxy) is 2. The predicted octanol–water partition coefficient (Wildman–Crippen LogP) is 4.64. The summed E-state index contributed by atoms with van der Waals surface area (Å²) in [4.78, 5) is 0.619. The molecule has 1 aliphatic heterocycles. The normalized spacial score (nSPS) is 13.7. The summed E-state index contributed by atoms with van der Waals surface area (Å²) in [7, 11) is 0. The molecule has 2 nitrogen and oxygen atoms in total. The molecule has 20 heavy (non-hydrogen) atoms. The van der Waals surface area contributed by atoms with E-state index in [0.29, 0.717) is 22.3 Å². The molecule has 0 saturated heterocycles. The summed E-state index contributed by atoms with van der Waals surface area (Å²) in [6.07, 6.45) is 0. The maximum atomic E-state index is 13.6. The Hall–Kier alpha value is -1.23. The Kier molecular flexibility index (Phi) is 4.15. The van der Waals surface area contributed by atoms with E-state index < -0.39 is 0 Å². The molecule has 2 aromatic carbocycles. The zero-order chi connectivity index (χ0) is 13.9. The summed E-state index contributed by atoms with van der Waals surface area (Å²) < 4.78 is 24.4. The highest BCUT2D eigenvalue weighted by atomic mass is 35.5. The van der Waals surface area contributed by atoms with Gasteiger partial charge >= 0.3 is 0 Å². The minimum absolute atomic E-state index is 0.211. The van der Waals surface area contributed by atoms with Gasteiger partial charge in [0.25, 0.3) is 0 Å². The van der Waals surface area contributed by atoms with Crippen LogP contribution in [0.5, 0.6) is 5.75 Å². The predicted molar refractivity (Wildman–Crippen MR) is 77.7 cm³/mol. The van der Waals surface area contributed by atoms with Crippen LogP contribution in [0.25, 0.3) is 0 Å². The summed E-state index contributed by atoms with van der Waals surface area (Å²) in [5.41, 5.74) is 1.90. The van der Waals surface area contributed by atoms with Gasteiger partial charge in [0.1, 0.15) is 11.6 Å². The number of thioether (sulfide) groups is 1. The van der Waals surface area contributed by atoms with Crippen LogP contribution in [0, 0.1) is 5.82 Å². The average molecular weight is 311 g/mol. The van der Waals surface area contributed by atoms with E-state index in [-0.39, 0.29) is 12.6 Å². The number of hydrogen-bond acceptors (Lipinski definition) is 3. The van der Waals surface area contributed by atoms with Crippen LogP contribution >= 0.6 is 23.4 Å². The SMILES string of the molecule is Fc1ccccc1SCc1cc(Cl)cc2c1OCOC2. The highest BCUT2D eigenvalue weighted by molar-refractivity contribution is 7.98. The van der Waals surface area contributed by atoms with E-state index in [1.54, 1.807) is 12.1 Å². The van der Waals surface area contributed by atoms with Gasteiger partial charge in [-0.3, -0.25) is 0 Å². The maximum absolute atomic E-state index is 13.6. The second-order valence-electron chi connectivity index (χ2n) is 4.38. The van der Waals surface area contributed by atoms with Gasteiger partial charge in [-0.05, 0) is 24.3 Å². The van der Waals surface area contributed by atoms with E-state index in [0.717, 1.165) is 16.9 Å². The fourth-order valence-corrected chi connectivity index (χ4v) is 3.25. The van der Waals surface area contributed by atoms with Crippen molar-refractivity contribution in [3.63, 3.8) is 0 Å². The largest absolute Gasteiger partial charge is 0.467 e. The highest BCUT2D eigenvalue weighted by Gasteiger charge is 2.16. The third-order valence-corrected chi connectivity index (χ3v) is 4.29. The standard InChI is InChI=1S/C15H12ClFO2S/c16-12-5-10-7-18-9-19-15(10)11(6-12)8-20-14-4-2-1-3-13(14)17/h1-6H,7-9H2. The molecule has 0 saturated carbocycles. The second-order valence-corrected chi connectivity index (χ2v) is 5.84. The van der Waals surface area contributed by atoms with E-state index in [1.807, 2.05) is 18.2 Å². The van der Waals surface area contributed by atoms with Crippen LogP contribution in [0.15, 0.2) is 41.3 Å². The molecular formula is C15H12ClFO2S. The van der Waals surface area contributed by atoms with Crippen LogP contribution in [-0.2, 0) is 17.1 Å². The lowest BCUT2D eigenvalue weighted by Crippen LogP contribution is -2.12. The van der Waals surface area contributed by atoms with Crippen LogP contribution in [-0.4, -0.2) is 6.79 Å². The van der Waals surface area contributed by atoms with E-state index in [4.69, 9.17) is 21.1 Å². The summed E-state index contributed by atoms with van der Waals surface area (Å²) in [6, 6.07) is 10.4. The number of hydrogen-bond donors (Lipinski definition) is 0. The highest BCUT2D eigenvalue weighted by Crippen LogP contribution is 2.35. The van der Waals surface area contributed by atoms with Gasteiger partial charge in [-0.1, -0.05) is 23.7 Å². The number of halogens is 2. The van der Waals surface area contributed by atoms with Gasteiger partial charge in [-0.15, -0.1) is 11.8 Å². The lowest BCUT2D eigenvalue weighted by molar-refractivity contribution is -0.0168. The van der Waals surface area contributed by atoms with Crippen molar-refractivity contribution < 1.29 is 13.9 Å². The Morgan fingerprint density at radius 1 is 1.25 bits per heavy atom. The monoisotopic (exact) mass is 310 g/mol. The first-order valence-electron chi connectivity index (χ1n) is 6.13. The van der Waals surface area contributed by atoms with Crippen molar-refractivity contribution in [1.82, 2.24) is 0 Å². The van der Waals surface area contributed by atoms with Crippen LogP contribution in [0.3, 0.4) is 0 Å². The zero-order valence-electron chi connectivity index (χ0n) is 10.6. The van der Waals surface area contributed by atoms with Crippen molar-refractivity contribution >= 4 is 23.4 Å². The first-order chi connectivity index (χ1) is 9.74. The van der Waals surface area contributed by atoms with Crippen molar-refractivity contribution in [2.75, 3.05) is 6.79 Å². The lowest BCUT2D eigenvalue weighted by Gasteiger charge is -2.21. The summed E-state index contributed by atoms with van der Waals surface area (Å²) in [6.45, 7) is 0.735. The van der Waals surface area contributed by atoms with E-state index in [9.17, 15) is 4.39 Å². The number of benzene rings is 2. The van der Waals surface area contributed by atoms with E-state index >= 15 is 0 Å². The topological polar surface area (TPSA) is 18.5 Å². The molecule has 1 heterocycles. The Labute approximate surface area is 125 Å². The molecule has 0 spiro atoms. The zero-order valence-corrected chi connectivity index (χ0v) is 12.1. The molecule has 0 bridgehead atoms. The smallest absolute Gasteiger partial charge is 0.189 e. The minimum Gasteiger partial charge on any atom is -0.467 e. The van der Waals surface area contributed by atoms with Crippen molar-refractivity contribution in [3.8, 4) is 5.75 Å². The van der Waals surface area contributed by atoms with Crippen molar-refractivity contribution in [3.05, 3.63) is 58.4 Å². The molecule has 0 N–H and O–H groups in total. The Balaban J connectivity index is 1.84. The lowest BCUT2D eigenvalue weighted by atomic mass is 10.1. The molecule has 0 aromatic heterocycles. The summed E-state index contributed by atoms with van der Waals surface area (Å²) in [5, 5.41) is 0.641. The molecule has 0 amide bonds. The van der Waals surface area contributed by atoms with Gasteiger partial charge in [0, 0.05) is 26.8 Å². The van der Waals surface area contributed by atoms with Crippen LogP contribution in [0.4, 0.5) is 4.39 Å². The second kappa shape index (κ2) is 6.04. The molecule has 0 atom stereocenters. The summed E-state index contributed by atoms with van der Waals surface area (Å²) >= 11 is 7.53. The van der Waals surface area contributed by atoms with Gasteiger partial charge < -0.3 is 9.47 Å². The quantitative estimate of drug-likeness (QED) is 0.770. The van der Waals surface area contributed by atoms with Crippen molar-refractivity contribution in [2.45, 2.75) is 17.3 Å². The van der Waals surface area contributed by atoms with Gasteiger partial charge in [-0.25, -0.2) is 4.39 Å². The molecule has 0 radical (unpaired) electrons. The van der Waals surface area contributed by atoms with E-state index in [2.05, 4.69) is 0 Å². The number of fused-ring (bicyclic) bond motifs is 1. The van der Waals surface area contributed by atoms with Crippen LogP contribution in [0.1, 0.15) is 11.1 Å². The Morgan fingerprint density at radius 3 is 2.95 bits per heavy atom. The third-order valence-electron chi connectivity index (χ3n) is 2.97. The van der Waals surface area contributed by atoms with Gasteiger partial charge in [-0.2, -0.15) is 0 Å². The minimum atomic E-state index is -0.211. The van der Waals surface area contributed by atoms with Gasteiger partial charge in [0.15, 0.2) is 6.79 Å². The van der Waals surface area contributed by atoms with Crippen molar-refractivity contribution in [1.29, 1.82) is 0 Å². The van der Waals surface area contributed by atoms with Crippen LogP contribution < -0.4 is 4.74 Å². The van der Waals surface area contributed by atoms with E-state index in [1.165, 1.54) is 17.8 Å². The Bertz CT molecular complexity index is 633. The molecule has 2 aromatic rings. The molecule has 5 heteroatoms. The first kappa shape index (κ1) is 13.7. The fourth-order valence-electron chi connectivity index (χ4n) is 2.08. The summed E-state index contributed by atoms with van der Waals surface area (Å²) in [5.74, 6) is 1.20. The fraction of sp³-hybridized carbons (Fsp3) is 0.200. The first-order valence-corrected chi connectivity index (χ1v) is 7.49. The number of rotatable bonds is 3. The average Bonchev–Trinajstić information content (AvgIpc) is 2.46. The van der Waals surface area contributed by atoms with Crippen LogP contribution in [0.2, 0.25) is 5.02 Å². The molecule has 1 aliphatic rings. The molecule has 0 unspecified atom stereocenters. The van der Waals surface area contributed by atoms with Crippen molar-refractivity contribution in [2.24, 2.45) is 0 Å². The molecule has 104 valence electrons. The maximum Gasteiger partial charge on any atom is 0.189 e. The third kappa shape index (κ3) is 2.92. The molecule has 0 fully saturated rings.